The predicted molar refractivity (Wildman–Crippen MR) is 49.8 cm³/mol. The lowest BCUT2D eigenvalue weighted by molar-refractivity contribution is -0.122. The lowest BCUT2D eigenvalue weighted by Gasteiger charge is -2.24. The molecule has 0 aromatic heterocycles. The van der Waals surface area contributed by atoms with Gasteiger partial charge in [0.05, 0.1) is 0 Å². The molecule has 1 rings (SSSR count). The molecule has 0 unspecified atom stereocenters. The molecule has 1 fully saturated rings. The molecule has 0 spiro atoms. The van der Waals surface area contributed by atoms with Crippen LogP contribution in [0.4, 0.5) is 0 Å². The van der Waals surface area contributed by atoms with Crippen molar-refractivity contribution in [2.75, 3.05) is 6.54 Å². The number of rotatable bonds is 4. The van der Waals surface area contributed by atoms with Crippen LogP contribution in [-0.4, -0.2) is 12.5 Å². The molecule has 0 aromatic carbocycles. The van der Waals surface area contributed by atoms with Gasteiger partial charge in [0.1, 0.15) is 0 Å². The zero-order valence-corrected chi connectivity index (χ0v) is 8.10. The highest BCUT2D eigenvalue weighted by Gasteiger charge is 2.20. The standard InChI is InChI=1S/C10H19NO/c1-8(2)7-11-10(12)6-9-4-3-5-9/h8-9H,3-7H2,1-2H3,(H,11,12). The first-order chi connectivity index (χ1) is 5.68. The summed E-state index contributed by atoms with van der Waals surface area (Å²) in [5.74, 6) is 1.50. The van der Waals surface area contributed by atoms with Gasteiger partial charge in [-0.3, -0.25) is 4.79 Å². The molecule has 0 bridgehead atoms. The Kier molecular flexibility index (Phi) is 3.57. The third-order valence-electron chi connectivity index (χ3n) is 2.41. The zero-order chi connectivity index (χ0) is 8.97. The van der Waals surface area contributed by atoms with E-state index in [1.54, 1.807) is 0 Å². The Morgan fingerprint density at radius 2 is 2.17 bits per heavy atom. The molecule has 0 radical (unpaired) electrons. The van der Waals surface area contributed by atoms with E-state index in [-0.39, 0.29) is 5.91 Å². The van der Waals surface area contributed by atoms with Gasteiger partial charge in [-0.15, -0.1) is 0 Å². The van der Waals surface area contributed by atoms with Gasteiger partial charge in [-0.2, -0.15) is 0 Å². The molecule has 1 aliphatic carbocycles. The summed E-state index contributed by atoms with van der Waals surface area (Å²) in [5, 5.41) is 2.94. The highest BCUT2D eigenvalue weighted by molar-refractivity contribution is 5.76. The normalized spacial score (nSPS) is 17.6. The van der Waals surface area contributed by atoms with Crippen LogP contribution in [0.15, 0.2) is 0 Å². The predicted octanol–water partition coefficient (Wildman–Crippen LogP) is 1.95. The molecule has 0 heterocycles. The minimum absolute atomic E-state index is 0.244. The molecule has 1 N–H and O–H groups in total. The van der Waals surface area contributed by atoms with Crippen LogP contribution >= 0.6 is 0 Å². The zero-order valence-electron chi connectivity index (χ0n) is 8.10. The number of nitrogens with one attached hydrogen (secondary N) is 1. The van der Waals surface area contributed by atoms with Gasteiger partial charge in [0.2, 0.25) is 5.91 Å². The van der Waals surface area contributed by atoms with Crippen LogP contribution < -0.4 is 5.32 Å². The first-order valence-corrected chi connectivity index (χ1v) is 4.95. The average molecular weight is 169 g/mol. The van der Waals surface area contributed by atoms with Crippen molar-refractivity contribution in [2.45, 2.75) is 39.5 Å². The van der Waals surface area contributed by atoms with Crippen molar-refractivity contribution in [3.05, 3.63) is 0 Å². The number of hydrogen-bond acceptors (Lipinski definition) is 1. The van der Waals surface area contributed by atoms with Gasteiger partial charge in [-0.25, -0.2) is 0 Å². The molecule has 70 valence electrons. The summed E-state index contributed by atoms with van der Waals surface area (Å²) >= 11 is 0. The summed E-state index contributed by atoms with van der Waals surface area (Å²) in [7, 11) is 0. The third kappa shape index (κ3) is 3.24. The summed E-state index contributed by atoms with van der Waals surface area (Å²) in [6.45, 7) is 5.05. The molecule has 12 heavy (non-hydrogen) atoms. The van der Waals surface area contributed by atoms with Crippen molar-refractivity contribution in [3.8, 4) is 0 Å². The van der Waals surface area contributed by atoms with Gasteiger partial charge >= 0.3 is 0 Å². The molecular weight excluding hydrogens is 150 g/mol. The number of carbonyl (C=O) groups excluding carboxylic acids is 1. The van der Waals surface area contributed by atoms with Gasteiger partial charge in [0.15, 0.2) is 0 Å². The number of hydrogen-bond donors (Lipinski definition) is 1. The molecule has 0 aromatic rings. The molecule has 2 nitrogen and oxygen atoms in total. The lowest BCUT2D eigenvalue weighted by Crippen LogP contribution is -2.30. The van der Waals surface area contributed by atoms with Crippen molar-refractivity contribution in [3.63, 3.8) is 0 Å². The summed E-state index contributed by atoms with van der Waals surface area (Å²) in [6.07, 6.45) is 4.60. The Morgan fingerprint density at radius 3 is 2.58 bits per heavy atom. The third-order valence-corrected chi connectivity index (χ3v) is 2.41. The van der Waals surface area contributed by atoms with Crippen LogP contribution in [0.2, 0.25) is 0 Å². The summed E-state index contributed by atoms with van der Waals surface area (Å²) in [6, 6.07) is 0. The van der Waals surface area contributed by atoms with E-state index < -0.39 is 0 Å². The highest BCUT2D eigenvalue weighted by atomic mass is 16.1. The van der Waals surface area contributed by atoms with E-state index in [0.717, 1.165) is 13.0 Å². The molecular formula is C10H19NO. The molecule has 1 amide bonds. The average Bonchev–Trinajstić information content (AvgIpc) is 1.93. The van der Waals surface area contributed by atoms with E-state index in [2.05, 4.69) is 19.2 Å². The first-order valence-electron chi connectivity index (χ1n) is 4.95. The Labute approximate surface area is 74.7 Å². The van der Waals surface area contributed by atoms with E-state index in [9.17, 15) is 4.79 Å². The fraction of sp³-hybridized carbons (Fsp3) is 0.900. The molecule has 1 aliphatic rings. The van der Waals surface area contributed by atoms with Crippen molar-refractivity contribution in [1.82, 2.24) is 5.32 Å². The van der Waals surface area contributed by atoms with E-state index >= 15 is 0 Å². The second-order valence-electron chi connectivity index (χ2n) is 4.20. The molecule has 1 saturated carbocycles. The van der Waals surface area contributed by atoms with Gasteiger partial charge in [-0.1, -0.05) is 20.3 Å². The summed E-state index contributed by atoms with van der Waals surface area (Å²) < 4.78 is 0. The smallest absolute Gasteiger partial charge is 0.220 e. The summed E-state index contributed by atoms with van der Waals surface area (Å²) in [5.41, 5.74) is 0. The minimum atomic E-state index is 0.244. The van der Waals surface area contributed by atoms with E-state index in [4.69, 9.17) is 0 Å². The van der Waals surface area contributed by atoms with E-state index in [0.29, 0.717) is 11.8 Å². The monoisotopic (exact) mass is 169 g/mol. The number of amides is 1. The molecule has 0 aliphatic heterocycles. The van der Waals surface area contributed by atoms with Crippen LogP contribution in [0.3, 0.4) is 0 Å². The minimum Gasteiger partial charge on any atom is -0.356 e. The maximum Gasteiger partial charge on any atom is 0.220 e. The summed E-state index contributed by atoms with van der Waals surface area (Å²) in [4.78, 5) is 11.2. The SMILES string of the molecule is CC(C)CNC(=O)CC1CCC1. The molecule has 0 saturated heterocycles. The maximum absolute atomic E-state index is 11.2. The van der Waals surface area contributed by atoms with Crippen LogP contribution in [0.25, 0.3) is 0 Å². The van der Waals surface area contributed by atoms with Gasteiger partial charge in [0, 0.05) is 13.0 Å². The van der Waals surface area contributed by atoms with Gasteiger partial charge < -0.3 is 5.32 Å². The number of carbonyl (C=O) groups is 1. The van der Waals surface area contributed by atoms with Crippen LogP contribution in [-0.2, 0) is 4.79 Å². The second kappa shape index (κ2) is 4.48. The van der Waals surface area contributed by atoms with Gasteiger partial charge in [0.25, 0.3) is 0 Å². The maximum atomic E-state index is 11.2. The van der Waals surface area contributed by atoms with Crippen LogP contribution in [0, 0.1) is 11.8 Å². The van der Waals surface area contributed by atoms with E-state index in [1.807, 2.05) is 0 Å². The first kappa shape index (κ1) is 9.56. The van der Waals surface area contributed by atoms with Crippen molar-refractivity contribution >= 4 is 5.91 Å². The fourth-order valence-electron chi connectivity index (χ4n) is 1.35. The highest BCUT2D eigenvalue weighted by Crippen LogP contribution is 2.28. The fourth-order valence-corrected chi connectivity index (χ4v) is 1.35. The molecule has 0 atom stereocenters. The Balaban J connectivity index is 2.03. The Hall–Kier alpha value is -0.530. The van der Waals surface area contributed by atoms with Crippen LogP contribution in [0.5, 0.6) is 0 Å². The second-order valence-corrected chi connectivity index (χ2v) is 4.20. The Morgan fingerprint density at radius 1 is 1.50 bits per heavy atom. The van der Waals surface area contributed by atoms with E-state index in [1.165, 1.54) is 19.3 Å². The largest absolute Gasteiger partial charge is 0.356 e. The van der Waals surface area contributed by atoms with Crippen molar-refractivity contribution in [1.29, 1.82) is 0 Å². The van der Waals surface area contributed by atoms with Crippen molar-refractivity contribution < 1.29 is 4.79 Å². The quantitative estimate of drug-likeness (QED) is 0.684. The van der Waals surface area contributed by atoms with Gasteiger partial charge in [-0.05, 0) is 24.7 Å². The lowest BCUT2D eigenvalue weighted by atomic mass is 9.83. The van der Waals surface area contributed by atoms with Crippen LogP contribution in [0.1, 0.15) is 39.5 Å². The molecule has 2 heteroatoms. The topological polar surface area (TPSA) is 29.1 Å². The van der Waals surface area contributed by atoms with Crippen molar-refractivity contribution in [2.24, 2.45) is 11.8 Å². The Bertz CT molecular complexity index is 150.